The first-order valence-electron chi connectivity index (χ1n) is 9.54. The Balaban J connectivity index is 1.97. The van der Waals surface area contributed by atoms with Crippen LogP contribution in [0.2, 0.25) is 0 Å². The highest BCUT2D eigenvalue weighted by atomic mass is 14.9. The topological polar surface area (TPSA) is 12.0 Å². The van der Waals surface area contributed by atoms with E-state index in [0.29, 0.717) is 0 Å². The van der Waals surface area contributed by atoms with Gasteiger partial charge in [0.25, 0.3) is 0 Å². The molecule has 2 unspecified atom stereocenters. The van der Waals surface area contributed by atoms with E-state index >= 15 is 0 Å². The monoisotopic (exact) mass is 319 g/mol. The van der Waals surface area contributed by atoms with Gasteiger partial charge in [-0.15, -0.1) is 0 Å². The van der Waals surface area contributed by atoms with Crippen molar-refractivity contribution >= 4 is 32.3 Å². The Bertz CT molecular complexity index is 599. The summed E-state index contributed by atoms with van der Waals surface area (Å²) in [5.41, 5.74) is 4.04. The molecule has 0 spiro atoms. The summed E-state index contributed by atoms with van der Waals surface area (Å²) in [7, 11) is 13.1. The lowest BCUT2D eigenvalue weighted by molar-refractivity contribution is 0.0908. The molecule has 2 bridgehead atoms. The molecule has 0 aliphatic heterocycles. The highest BCUT2D eigenvalue weighted by Gasteiger charge is 2.42. The summed E-state index contributed by atoms with van der Waals surface area (Å²) >= 11 is 0. The molecule has 2 aliphatic rings. The number of hydrogen-bond acceptors (Lipinski definition) is 1. The summed E-state index contributed by atoms with van der Waals surface area (Å²) in [5.74, 6) is 2.54. The zero-order valence-corrected chi connectivity index (χ0v) is 16.1. The van der Waals surface area contributed by atoms with Crippen LogP contribution in [0.25, 0.3) is 0 Å². The normalized spacial score (nSPS) is 33.3. The second-order valence-corrected chi connectivity index (χ2v) is 9.88. The maximum absolute atomic E-state index is 6.64. The fraction of sp³-hybridized carbons (Fsp3) is 0.714. The van der Waals surface area contributed by atoms with E-state index in [9.17, 15) is 0 Å². The van der Waals surface area contributed by atoms with Gasteiger partial charge in [-0.1, -0.05) is 36.4 Å². The van der Waals surface area contributed by atoms with E-state index in [4.69, 9.17) is 15.7 Å². The zero-order valence-electron chi connectivity index (χ0n) is 16.1. The maximum Gasteiger partial charge on any atom is 0.117 e. The highest BCUT2D eigenvalue weighted by Crippen LogP contribution is 2.50. The van der Waals surface area contributed by atoms with Crippen molar-refractivity contribution in [3.63, 3.8) is 0 Å². The number of hydrogen-bond donors (Lipinski definition) is 1. The van der Waals surface area contributed by atoms with Crippen LogP contribution in [-0.4, -0.2) is 21.2 Å². The van der Waals surface area contributed by atoms with Gasteiger partial charge in [-0.05, 0) is 82.1 Å². The summed E-state index contributed by atoms with van der Waals surface area (Å²) in [6, 6.07) is 4.08. The van der Waals surface area contributed by atoms with Crippen molar-refractivity contribution in [2.45, 2.75) is 77.7 Å². The van der Waals surface area contributed by atoms with Gasteiger partial charge in [-0.3, -0.25) is 0 Å². The van der Waals surface area contributed by atoms with Crippen molar-refractivity contribution < 1.29 is 0 Å². The molecule has 2 fully saturated rings. The van der Waals surface area contributed by atoms with E-state index in [1.807, 2.05) is 12.1 Å². The lowest BCUT2D eigenvalue weighted by Crippen LogP contribution is -2.45. The first-order valence-corrected chi connectivity index (χ1v) is 9.54. The second kappa shape index (κ2) is 6.15. The van der Waals surface area contributed by atoms with Crippen LogP contribution in [0.15, 0.2) is 12.1 Å². The Kier molecular flexibility index (Phi) is 4.60. The smallest absolute Gasteiger partial charge is 0.117 e. The van der Waals surface area contributed by atoms with Gasteiger partial charge in [0.15, 0.2) is 0 Å². The molecule has 2 atom stereocenters. The van der Waals surface area contributed by atoms with Gasteiger partial charge < -0.3 is 5.32 Å². The Hall–Kier alpha value is -0.850. The Morgan fingerprint density at radius 2 is 1.62 bits per heavy atom. The fourth-order valence-corrected chi connectivity index (χ4v) is 5.62. The van der Waals surface area contributed by atoms with Crippen LogP contribution < -0.4 is 16.2 Å². The average molecular weight is 319 g/mol. The number of benzene rings is 1. The lowest BCUT2D eigenvalue weighted by atomic mass is 9.54. The Labute approximate surface area is 151 Å². The molecule has 1 aromatic rings. The van der Waals surface area contributed by atoms with Crippen molar-refractivity contribution in [1.29, 1.82) is 0 Å². The van der Waals surface area contributed by atoms with Crippen LogP contribution in [0.3, 0.4) is 0 Å². The molecule has 2 saturated carbocycles. The van der Waals surface area contributed by atoms with Gasteiger partial charge in [-0.25, -0.2) is 0 Å². The standard InChI is InChI=1S/C21H31B2N/c1-13-8-14-10-15(9-13)12-21(5,11-14)18-16(22)6-7-17(19(18)23)24-20(2,3)4/h6-7,13-15,24H,8-12H2,1-5H3. The third kappa shape index (κ3) is 3.55. The van der Waals surface area contributed by atoms with Gasteiger partial charge in [0.2, 0.25) is 0 Å². The first-order chi connectivity index (χ1) is 11.1. The molecule has 4 radical (unpaired) electrons. The van der Waals surface area contributed by atoms with Gasteiger partial charge in [0, 0.05) is 11.2 Å². The van der Waals surface area contributed by atoms with E-state index in [1.54, 1.807) is 0 Å². The molecule has 3 rings (SSSR count). The minimum absolute atomic E-state index is 0.0130. The van der Waals surface area contributed by atoms with E-state index in [1.165, 1.54) is 37.7 Å². The van der Waals surface area contributed by atoms with E-state index in [-0.39, 0.29) is 11.0 Å². The largest absolute Gasteiger partial charge is 0.381 e. The molecular formula is C21H31B2N. The third-order valence-electron chi connectivity index (χ3n) is 6.01. The van der Waals surface area contributed by atoms with Crippen LogP contribution in [-0.2, 0) is 5.41 Å². The average Bonchev–Trinajstić information content (AvgIpc) is 2.39. The predicted molar refractivity (Wildman–Crippen MR) is 107 cm³/mol. The number of anilines is 1. The number of rotatable bonds is 2. The molecule has 1 nitrogen and oxygen atoms in total. The van der Waals surface area contributed by atoms with Crippen molar-refractivity contribution in [2.24, 2.45) is 17.8 Å². The van der Waals surface area contributed by atoms with Crippen LogP contribution in [0, 0.1) is 17.8 Å². The lowest BCUT2D eigenvalue weighted by Gasteiger charge is -2.49. The molecule has 3 heteroatoms. The van der Waals surface area contributed by atoms with E-state index in [2.05, 4.69) is 39.9 Å². The number of fused-ring (bicyclic) bond motifs is 2. The molecule has 0 saturated heterocycles. The summed E-state index contributed by atoms with van der Waals surface area (Å²) in [6.45, 7) is 11.3. The molecule has 1 aromatic carbocycles. The molecule has 126 valence electrons. The predicted octanol–water partition coefficient (Wildman–Crippen LogP) is 3.59. The van der Waals surface area contributed by atoms with Crippen LogP contribution >= 0.6 is 0 Å². The molecule has 0 aromatic heterocycles. The minimum atomic E-state index is -0.0130. The van der Waals surface area contributed by atoms with Crippen molar-refractivity contribution in [1.82, 2.24) is 0 Å². The quantitative estimate of drug-likeness (QED) is 0.822. The third-order valence-corrected chi connectivity index (χ3v) is 6.01. The van der Waals surface area contributed by atoms with Crippen LogP contribution in [0.5, 0.6) is 0 Å². The Morgan fingerprint density at radius 1 is 1.04 bits per heavy atom. The second-order valence-electron chi connectivity index (χ2n) is 9.88. The first kappa shape index (κ1) is 18.0. The molecule has 24 heavy (non-hydrogen) atoms. The zero-order chi connectivity index (χ0) is 17.7. The number of nitrogens with one attached hydrogen (secondary N) is 1. The summed E-state index contributed by atoms with van der Waals surface area (Å²) < 4.78 is 0. The molecule has 0 heterocycles. The van der Waals surface area contributed by atoms with Crippen molar-refractivity contribution in [2.75, 3.05) is 5.32 Å². The molecular weight excluding hydrogens is 288 g/mol. The molecule has 2 aliphatic carbocycles. The van der Waals surface area contributed by atoms with Gasteiger partial charge in [0.05, 0.1) is 0 Å². The molecule has 1 N–H and O–H groups in total. The summed E-state index contributed by atoms with van der Waals surface area (Å²) in [4.78, 5) is 0. The van der Waals surface area contributed by atoms with Crippen LogP contribution in [0.4, 0.5) is 5.69 Å². The van der Waals surface area contributed by atoms with E-state index < -0.39 is 0 Å². The van der Waals surface area contributed by atoms with Gasteiger partial charge in [-0.2, -0.15) is 0 Å². The Morgan fingerprint density at radius 3 is 2.17 bits per heavy atom. The van der Waals surface area contributed by atoms with E-state index in [0.717, 1.165) is 34.4 Å². The highest BCUT2D eigenvalue weighted by molar-refractivity contribution is 6.42. The molecule has 0 amide bonds. The maximum atomic E-state index is 6.64. The van der Waals surface area contributed by atoms with Crippen molar-refractivity contribution in [3.05, 3.63) is 17.7 Å². The van der Waals surface area contributed by atoms with Crippen molar-refractivity contribution in [3.8, 4) is 0 Å². The summed E-state index contributed by atoms with van der Waals surface area (Å²) in [5, 5.41) is 3.55. The van der Waals surface area contributed by atoms with Crippen LogP contribution in [0.1, 0.15) is 72.3 Å². The minimum Gasteiger partial charge on any atom is -0.381 e. The SMILES string of the molecule is [B]c1ccc(NC(C)(C)C)c([B])c1C1(C)CC2CC(C)CC(C2)C1. The fourth-order valence-electron chi connectivity index (χ4n) is 5.62. The summed E-state index contributed by atoms with van der Waals surface area (Å²) in [6.07, 6.45) is 6.58. The van der Waals surface area contributed by atoms with Gasteiger partial charge >= 0.3 is 0 Å². The van der Waals surface area contributed by atoms with Gasteiger partial charge in [0.1, 0.15) is 15.7 Å².